The Balaban J connectivity index is 2.24. The van der Waals surface area contributed by atoms with Gasteiger partial charge in [-0.25, -0.2) is 0 Å². The van der Waals surface area contributed by atoms with Gasteiger partial charge >= 0.3 is 0 Å². The molecule has 3 atom stereocenters. The fourth-order valence-electron chi connectivity index (χ4n) is 3.50. The lowest BCUT2D eigenvalue weighted by atomic mass is 9.74. The summed E-state index contributed by atoms with van der Waals surface area (Å²) in [7, 11) is 2.02. The minimum atomic E-state index is 0.370. The largest absolute Gasteiger partial charge is 0.313 e. The van der Waals surface area contributed by atoms with E-state index in [2.05, 4.69) is 55.2 Å². The van der Waals surface area contributed by atoms with Gasteiger partial charge in [-0.2, -0.15) is 0 Å². The summed E-state index contributed by atoms with van der Waals surface area (Å²) in [5.74, 6) is 1.53. The van der Waals surface area contributed by atoms with Crippen molar-refractivity contribution in [2.75, 3.05) is 7.05 Å². The van der Waals surface area contributed by atoms with Crippen molar-refractivity contribution in [2.24, 2.45) is 11.8 Å². The first-order valence-electron chi connectivity index (χ1n) is 8.30. The molecule has 1 saturated carbocycles. The normalized spacial score (nSPS) is 24.6. The lowest BCUT2D eigenvalue weighted by Crippen LogP contribution is -2.27. The number of likely N-dealkylation sites (N-methyl/N-ethyl adjacent to an activating group) is 1. The molecule has 1 heteroatoms. The standard InChI is InChI=1S/C20H29N/c1-4-19(21-3)15-18(14-17-11-6-5-7-12-17)20-13-9-8-10-16(20)2/h4-7,11-12,14,16,19-21H,1,8-10,13,15H2,2-3H3/b18-14-/t16-,19?,20?/m0/s1. The van der Waals surface area contributed by atoms with Gasteiger partial charge in [0.2, 0.25) is 0 Å². The molecule has 1 aliphatic carbocycles. The second-order valence-electron chi connectivity index (χ2n) is 6.33. The Hall–Kier alpha value is -1.34. The smallest absolute Gasteiger partial charge is 0.0282 e. The van der Waals surface area contributed by atoms with Crippen LogP contribution in [0.3, 0.4) is 0 Å². The minimum absolute atomic E-state index is 0.370. The molecule has 0 amide bonds. The van der Waals surface area contributed by atoms with Crippen LogP contribution < -0.4 is 5.32 Å². The zero-order chi connectivity index (χ0) is 15.1. The monoisotopic (exact) mass is 283 g/mol. The molecule has 0 bridgehead atoms. The average Bonchev–Trinajstić information content (AvgIpc) is 2.53. The summed E-state index contributed by atoms with van der Waals surface area (Å²) in [4.78, 5) is 0. The number of hydrogen-bond acceptors (Lipinski definition) is 1. The summed E-state index contributed by atoms with van der Waals surface area (Å²) in [6.07, 6.45) is 11.0. The minimum Gasteiger partial charge on any atom is -0.313 e. The molecule has 0 aliphatic heterocycles. The molecule has 0 radical (unpaired) electrons. The Kier molecular flexibility index (Phi) is 6.25. The van der Waals surface area contributed by atoms with Crippen molar-refractivity contribution in [3.8, 4) is 0 Å². The molecule has 0 spiro atoms. The molecule has 2 rings (SSSR count). The molecule has 114 valence electrons. The first kappa shape index (κ1) is 16.0. The zero-order valence-electron chi connectivity index (χ0n) is 13.5. The molecule has 0 saturated heterocycles. The molecule has 1 N–H and O–H groups in total. The molecule has 21 heavy (non-hydrogen) atoms. The topological polar surface area (TPSA) is 12.0 Å². The van der Waals surface area contributed by atoms with Crippen molar-refractivity contribution >= 4 is 6.08 Å². The Morgan fingerprint density at radius 3 is 2.62 bits per heavy atom. The van der Waals surface area contributed by atoms with Crippen molar-refractivity contribution < 1.29 is 0 Å². The van der Waals surface area contributed by atoms with Gasteiger partial charge in [0.15, 0.2) is 0 Å². The van der Waals surface area contributed by atoms with Gasteiger partial charge in [-0.15, -0.1) is 6.58 Å². The van der Waals surface area contributed by atoms with E-state index < -0.39 is 0 Å². The van der Waals surface area contributed by atoms with Crippen molar-refractivity contribution in [1.82, 2.24) is 5.32 Å². The first-order chi connectivity index (χ1) is 10.2. The van der Waals surface area contributed by atoms with Crippen molar-refractivity contribution in [1.29, 1.82) is 0 Å². The number of rotatable bonds is 6. The lowest BCUT2D eigenvalue weighted by molar-refractivity contribution is 0.287. The van der Waals surface area contributed by atoms with Crippen LogP contribution in [0.4, 0.5) is 0 Å². The van der Waals surface area contributed by atoms with Crippen LogP contribution in [-0.4, -0.2) is 13.1 Å². The highest BCUT2D eigenvalue weighted by atomic mass is 14.9. The van der Waals surface area contributed by atoms with Gasteiger partial charge in [-0.1, -0.05) is 74.2 Å². The number of nitrogens with one attached hydrogen (secondary N) is 1. The van der Waals surface area contributed by atoms with Crippen LogP contribution in [-0.2, 0) is 0 Å². The van der Waals surface area contributed by atoms with Crippen LogP contribution >= 0.6 is 0 Å². The Morgan fingerprint density at radius 2 is 2.00 bits per heavy atom. The zero-order valence-corrected chi connectivity index (χ0v) is 13.5. The molecule has 0 heterocycles. The fraction of sp³-hybridized carbons (Fsp3) is 0.500. The van der Waals surface area contributed by atoms with Crippen LogP contribution in [0, 0.1) is 11.8 Å². The van der Waals surface area contributed by atoms with Gasteiger partial charge in [0.1, 0.15) is 0 Å². The summed E-state index contributed by atoms with van der Waals surface area (Å²) in [6.45, 7) is 6.39. The SMILES string of the molecule is C=CC(C/C(=C/c1ccccc1)C1CCCC[C@@H]1C)NC. The van der Waals surface area contributed by atoms with E-state index in [1.807, 2.05) is 13.1 Å². The van der Waals surface area contributed by atoms with E-state index in [0.717, 1.165) is 18.3 Å². The van der Waals surface area contributed by atoms with Gasteiger partial charge < -0.3 is 5.32 Å². The molecule has 2 unspecified atom stereocenters. The summed E-state index contributed by atoms with van der Waals surface area (Å²) < 4.78 is 0. The van der Waals surface area contributed by atoms with E-state index in [1.54, 1.807) is 5.57 Å². The third-order valence-electron chi connectivity index (χ3n) is 4.85. The molecule has 1 nitrogen and oxygen atoms in total. The predicted octanol–water partition coefficient (Wildman–Crippen LogP) is 5.06. The van der Waals surface area contributed by atoms with E-state index >= 15 is 0 Å². The van der Waals surface area contributed by atoms with E-state index in [9.17, 15) is 0 Å². The van der Waals surface area contributed by atoms with E-state index in [4.69, 9.17) is 0 Å². The van der Waals surface area contributed by atoms with Crippen LogP contribution in [0.15, 0.2) is 48.6 Å². The second-order valence-corrected chi connectivity index (χ2v) is 6.33. The maximum Gasteiger partial charge on any atom is 0.0282 e. The van der Waals surface area contributed by atoms with Crippen molar-refractivity contribution in [3.05, 3.63) is 54.1 Å². The van der Waals surface area contributed by atoms with Crippen LogP contribution in [0.2, 0.25) is 0 Å². The maximum absolute atomic E-state index is 3.97. The third-order valence-corrected chi connectivity index (χ3v) is 4.85. The quantitative estimate of drug-likeness (QED) is 0.719. The molecular weight excluding hydrogens is 254 g/mol. The maximum atomic E-state index is 3.97. The van der Waals surface area contributed by atoms with Gasteiger partial charge in [0.05, 0.1) is 0 Å². The van der Waals surface area contributed by atoms with E-state index in [-0.39, 0.29) is 0 Å². The van der Waals surface area contributed by atoms with Crippen LogP contribution in [0.25, 0.3) is 6.08 Å². The molecule has 1 aliphatic rings. The summed E-state index contributed by atoms with van der Waals surface area (Å²) in [6, 6.07) is 11.1. The van der Waals surface area contributed by atoms with Crippen LogP contribution in [0.5, 0.6) is 0 Å². The summed E-state index contributed by atoms with van der Waals surface area (Å²) >= 11 is 0. The third kappa shape index (κ3) is 4.57. The Morgan fingerprint density at radius 1 is 1.29 bits per heavy atom. The first-order valence-corrected chi connectivity index (χ1v) is 8.30. The van der Waals surface area contributed by atoms with E-state index in [0.29, 0.717) is 6.04 Å². The Labute approximate surface area is 130 Å². The second kappa shape index (κ2) is 8.19. The molecule has 1 fully saturated rings. The fourth-order valence-corrected chi connectivity index (χ4v) is 3.50. The number of hydrogen-bond donors (Lipinski definition) is 1. The molecule has 1 aromatic rings. The highest BCUT2D eigenvalue weighted by Gasteiger charge is 2.25. The van der Waals surface area contributed by atoms with Crippen LogP contribution in [0.1, 0.15) is 44.6 Å². The predicted molar refractivity (Wildman–Crippen MR) is 93.2 cm³/mol. The molecular formula is C20H29N. The summed E-state index contributed by atoms with van der Waals surface area (Å²) in [5, 5.41) is 3.36. The van der Waals surface area contributed by atoms with Crippen molar-refractivity contribution in [2.45, 2.75) is 45.1 Å². The highest BCUT2D eigenvalue weighted by molar-refractivity contribution is 5.53. The molecule has 0 aromatic heterocycles. The van der Waals surface area contributed by atoms with Gasteiger partial charge in [0.25, 0.3) is 0 Å². The average molecular weight is 283 g/mol. The van der Waals surface area contributed by atoms with Gasteiger partial charge in [-0.05, 0) is 37.3 Å². The van der Waals surface area contributed by atoms with E-state index in [1.165, 1.54) is 31.2 Å². The Bertz CT molecular complexity index is 460. The lowest BCUT2D eigenvalue weighted by Gasteiger charge is -2.32. The highest BCUT2D eigenvalue weighted by Crippen LogP contribution is 2.37. The number of benzene rings is 1. The van der Waals surface area contributed by atoms with Crippen molar-refractivity contribution in [3.63, 3.8) is 0 Å². The van der Waals surface area contributed by atoms with Gasteiger partial charge in [0, 0.05) is 6.04 Å². The summed E-state index contributed by atoms with van der Waals surface area (Å²) in [5.41, 5.74) is 2.91. The van der Waals surface area contributed by atoms with Gasteiger partial charge in [-0.3, -0.25) is 0 Å². The molecule has 1 aromatic carbocycles.